The lowest BCUT2D eigenvalue weighted by atomic mass is 10.1. The molecule has 2 rings (SSSR count). The molecular formula is C17H25NO2. The van der Waals surface area contributed by atoms with Gasteiger partial charge in [0.05, 0.1) is 6.10 Å². The maximum Gasteiger partial charge on any atom is 0.227 e. The first kappa shape index (κ1) is 14.9. The molecule has 0 saturated heterocycles. The lowest BCUT2D eigenvalue weighted by molar-refractivity contribution is -0.119. The van der Waals surface area contributed by atoms with Gasteiger partial charge in [0.1, 0.15) is 5.75 Å². The SMILES string of the molecule is CCCC(C)C(=O)Nc1cccc(OC2CCCC2)c1. The fraction of sp³-hybridized carbons (Fsp3) is 0.588. The molecular weight excluding hydrogens is 250 g/mol. The molecule has 0 radical (unpaired) electrons. The average Bonchev–Trinajstić information content (AvgIpc) is 2.92. The molecule has 1 aromatic carbocycles. The highest BCUT2D eigenvalue weighted by molar-refractivity contribution is 5.92. The molecule has 0 aliphatic heterocycles. The number of anilines is 1. The topological polar surface area (TPSA) is 38.3 Å². The lowest BCUT2D eigenvalue weighted by Crippen LogP contribution is -2.20. The van der Waals surface area contributed by atoms with E-state index >= 15 is 0 Å². The van der Waals surface area contributed by atoms with Crippen LogP contribution in [0.25, 0.3) is 0 Å². The highest BCUT2D eigenvalue weighted by Crippen LogP contribution is 2.26. The van der Waals surface area contributed by atoms with Gasteiger partial charge in [-0.1, -0.05) is 26.3 Å². The van der Waals surface area contributed by atoms with Crippen LogP contribution in [0.2, 0.25) is 0 Å². The van der Waals surface area contributed by atoms with E-state index in [1.54, 1.807) is 0 Å². The Morgan fingerprint density at radius 2 is 2.15 bits per heavy atom. The van der Waals surface area contributed by atoms with Crippen molar-refractivity contribution in [3.8, 4) is 5.75 Å². The van der Waals surface area contributed by atoms with Gasteiger partial charge in [-0.15, -0.1) is 0 Å². The van der Waals surface area contributed by atoms with Gasteiger partial charge >= 0.3 is 0 Å². The Balaban J connectivity index is 1.93. The Morgan fingerprint density at radius 3 is 2.85 bits per heavy atom. The minimum atomic E-state index is 0.0550. The summed E-state index contributed by atoms with van der Waals surface area (Å²) in [6, 6.07) is 7.74. The van der Waals surface area contributed by atoms with Crippen molar-refractivity contribution >= 4 is 11.6 Å². The van der Waals surface area contributed by atoms with E-state index < -0.39 is 0 Å². The molecule has 3 heteroatoms. The van der Waals surface area contributed by atoms with Crippen LogP contribution in [0, 0.1) is 5.92 Å². The molecule has 0 aromatic heterocycles. The number of hydrogen-bond acceptors (Lipinski definition) is 2. The van der Waals surface area contributed by atoms with Gasteiger partial charge in [-0.3, -0.25) is 4.79 Å². The Bertz CT molecular complexity index is 438. The Morgan fingerprint density at radius 1 is 1.40 bits per heavy atom. The van der Waals surface area contributed by atoms with Gasteiger partial charge in [0, 0.05) is 17.7 Å². The number of benzene rings is 1. The van der Waals surface area contributed by atoms with Gasteiger partial charge in [0.2, 0.25) is 5.91 Å². The first-order valence-electron chi connectivity index (χ1n) is 7.76. The smallest absolute Gasteiger partial charge is 0.227 e. The fourth-order valence-corrected chi connectivity index (χ4v) is 2.68. The molecule has 1 amide bonds. The standard InChI is InChI=1S/C17H25NO2/c1-3-7-13(2)17(19)18-14-8-6-11-16(12-14)20-15-9-4-5-10-15/h6,8,11-13,15H,3-5,7,9-10H2,1-2H3,(H,18,19). The van der Waals surface area contributed by atoms with Gasteiger partial charge in [-0.2, -0.15) is 0 Å². The van der Waals surface area contributed by atoms with E-state index in [1.165, 1.54) is 12.8 Å². The molecule has 1 aromatic rings. The quantitative estimate of drug-likeness (QED) is 0.836. The van der Waals surface area contributed by atoms with E-state index in [-0.39, 0.29) is 11.8 Å². The second-order valence-corrected chi connectivity index (χ2v) is 5.73. The van der Waals surface area contributed by atoms with E-state index in [1.807, 2.05) is 31.2 Å². The number of carbonyl (C=O) groups is 1. The van der Waals surface area contributed by atoms with Crippen LogP contribution in [0.4, 0.5) is 5.69 Å². The molecule has 1 aliphatic rings. The summed E-state index contributed by atoms with van der Waals surface area (Å²) >= 11 is 0. The van der Waals surface area contributed by atoms with Crippen LogP contribution in [0.1, 0.15) is 52.4 Å². The normalized spacial score (nSPS) is 16.9. The number of amides is 1. The van der Waals surface area contributed by atoms with Crippen molar-refractivity contribution < 1.29 is 9.53 Å². The molecule has 0 heterocycles. The van der Waals surface area contributed by atoms with Crippen LogP contribution < -0.4 is 10.1 Å². The summed E-state index contributed by atoms with van der Waals surface area (Å²) < 4.78 is 5.95. The van der Waals surface area contributed by atoms with Crippen LogP contribution in [0.3, 0.4) is 0 Å². The monoisotopic (exact) mass is 275 g/mol. The lowest BCUT2D eigenvalue weighted by Gasteiger charge is -2.15. The van der Waals surface area contributed by atoms with Gasteiger partial charge in [-0.05, 0) is 44.2 Å². The second-order valence-electron chi connectivity index (χ2n) is 5.73. The van der Waals surface area contributed by atoms with Crippen LogP contribution in [-0.2, 0) is 4.79 Å². The molecule has 1 aliphatic carbocycles. The van der Waals surface area contributed by atoms with Crippen molar-refractivity contribution in [2.24, 2.45) is 5.92 Å². The molecule has 1 fully saturated rings. The minimum absolute atomic E-state index is 0.0550. The minimum Gasteiger partial charge on any atom is -0.490 e. The summed E-state index contributed by atoms with van der Waals surface area (Å²) in [6.45, 7) is 4.07. The Hall–Kier alpha value is -1.51. The number of carbonyl (C=O) groups excluding carboxylic acids is 1. The van der Waals surface area contributed by atoms with Crippen LogP contribution in [0.15, 0.2) is 24.3 Å². The van der Waals surface area contributed by atoms with Gasteiger partial charge < -0.3 is 10.1 Å². The molecule has 1 unspecified atom stereocenters. The van der Waals surface area contributed by atoms with Crippen molar-refractivity contribution in [1.29, 1.82) is 0 Å². The molecule has 110 valence electrons. The zero-order valence-electron chi connectivity index (χ0n) is 12.5. The third-order valence-electron chi connectivity index (χ3n) is 3.88. The first-order valence-corrected chi connectivity index (χ1v) is 7.76. The van der Waals surface area contributed by atoms with Crippen LogP contribution >= 0.6 is 0 Å². The van der Waals surface area contributed by atoms with Crippen molar-refractivity contribution in [2.45, 2.75) is 58.5 Å². The van der Waals surface area contributed by atoms with Crippen molar-refractivity contribution in [1.82, 2.24) is 0 Å². The second kappa shape index (κ2) is 7.32. The molecule has 20 heavy (non-hydrogen) atoms. The summed E-state index contributed by atoms with van der Waals surface area (Å²) in [5.74, 6) is 1.00. The van der Waals surface area contributed by atoms with E-state index in [2.05, 4.69) is 12.2 Å². The van der Waals surface area contributed by atoms with Crippen LogP contribution in [0.5, 0.6) is 5.75 Å². The van der Waals surface area contributed by atoms with Crippen molar-refractivity contribution in [3.05, 3.63) is 24.3 Å². The summed E-state index contributed by atoms with van der Waals surface area (Å²) in [5.41, 5.74) is 0.827. The zero-order valence-corrected chi connectivity index (χ0v) is 12.5. The summed E-state index contributed by atoms with van der Waals surface area (Å²) in [6.07, 6.45) is 7.10. The third-order valence-corrected chi connectivity index (χ3v) is 3.88. The summed E-state index contributed by atoms with van der Waals surface area (Å²) in [7, 11) is 0. The van der Waals surface area contributed by atoms with Gasteiger partial charge in [0.25, 0.3) is 0 Å². The van der Waals surface area contributed by atoms with Gasteiger partial charge in [0.15, 0.2) is 0 Å². The number of nitrogens with one attached hydrogen (secondary N) is 1. The molecule has 3 nitrogen and oxygen atoms in total. The number of ether oxygens (including phenoxy) is 1. The largest absolute Gasteiger partial charge is 0.490 e. The Labute approximate surface area is 121 Å². The van der Waals surface area contributed by atoms with Crippen molar-refractivity contribution in [2.75, 3.05) is 5.32 Å². The zero-order chi connectivity index (χ0) is 14.4. The molecule has 1 saturated carbocycles. The molecule has 1 atom stereocenters. The fourth-order valence-electron chi connectivity index (χ4n) is 2.68. The van der Waals surface area contributed by atoms with Crippen molar-refractivity contribution in [3.63, 3.8) is 0 Å². The highest BCUT2D eigenvalue weighted by atomic mass is 16.5. The number of hydrogen-bond donors (Lipinski definition) is 1. The highest BCUT2D eigenvalue weighted by Gasteiger charge is 2.17. The van der Waals surface area contributed by atoms with E-state index in [9.17, 15) is 4.79 Å². The third kappa shape index (κ3) is 4.26. The van der Waals surface area contributed by atoms with E-state index in [0.717, 1.165) is 37.1 Å². The molecule has 0 bridgehead atoms. The first-order chi connectivity index (χ1) is 9.69. The predicted molar refractivity (Wildman–Crippen MR) is 82.0 cm³/mol. The van der Waals surface area contributed by atoms with Gasteiger partial charge in [-0.25, -0.2) is 0 Å². The summed E-state index contributed by atoms with van der Waals surface area (Å²) in [5, 5.41) is 2.97. The summed E-state index contributed by atoms with van der Waals surface area (Å²) in [4.78, 5) is 12.0. The number of rotatable bonds is 6. The molecule has 1 N–H and O–H groups in total. The predicted octanol–water partition coefficient (Wildman–Crippen LogP) is 4.38. The van der Waals surface area contributed by atoms with Crippen LogP contribution in [-0.4, -0.2) is 12.0 Å². The average molecular weight is 275 g/mol. The van der Waals surface area contributed by atoms with E-state index in [4.69, 9.17) is 4.74 Å². The maximum atomic E-state index is 12.0. The Kier molecular flexibility index (Phi) is 5.45. The van der Waals surface area contributed by atoms with E-state index in [0.29, 0.717) is 6.10 Å². The molecule has 0 spiro atoms. The maximum absolute atomic E-state index is 12.0.